The summed E-state index contributed by atoms with van der Waals surface area (Å²) >= 11 is 0. The highest BCUT2D eigenvalue weighted by atomic mass is 16.5. The van der Waals surface area contributed by atoms with Crippen molar-refractivity contribution in [1.29, 1.82) is 0 Å². The van der Waals surface area contributed by atoms with Crippen LogP contribution in [0.4, 0.5) is 23.0 Å². The number of piperazine rings is 1. The van der Waals surface area contributed by atoms with E-state index in [2.05, 4.69) is 22.2 Å². The molecule has 1 aromatic heterocycles. The third kappa shape index (κ3) is 4.83. The third-order valence-corrected chi connectivity index (χ3v) is 7.65. The molecule has 0 aliphatic carbocycles. The molecule has 1 aromatic carbocycles. The number of nitrogens with zero attached hydrogens (tertiary/aromatic N) is 5. The molecule has 3 aliphatic rings. The van der Waals surface area contributed by atoms with Gasteiger partial charge in [-0.2, -0.15) is 0 Å². The lowest BCUT2D eigenvalue weighted by Crippen LogP contribution is -2.56. The van der Waals surface area contributed by atoms with Crippen LogP contribution in [0.25, 0.3) is 0 Å². The van der Waals surface area contributed by atoms with E-state index in [1.165, 1.54) is 0 Å². The molecule has 0 saturated carbocycles. The van der Waals surface area contributed by atoms with Crippen molar-refractivity contribution >= 4 is 34.8 Å². The Labute approximate surface area is 218 Å². The van der Waals surface area contributed by atoms with E-state index in [-0.39, 0.29) is 23.9 Å². The summed E-state index contributed by atoms with van der Waals surface area (Å²) in [5.74, 6) is 1.90. The maximum absolute atomic E-state index is 13.3. The molecule has 10 heteroatoms. The number of hydrogen-bond donors (Lipinski definition) is 1. The first-order valence-corrected chi connectivity index (χ1v) is 13.0. The van der Waals surface area contributed by atoms with Gasteiger partial charge in [0.2, 0.25) is 5.91 Å². The summed E-state index contributed by atoms with van der Waals surface area (Å²) in [5, 5.41) is 3.37. The van der Waals surface area contributed by atoms with Gasteiger partial charge >= 0.3 is 0 Å². The number of likely N-dealkylation sites (N-methyl/N-ethyl adjacent to an activating group) is 2. The summed E-state index contributed by atoms with van der Waals surface area (Å²) in [7, 11) is 5.44. The highest BCUT2D eigenvalue weighted by Gasteiger charge is 2.39. The molecule has 37 heavy (non-hydrogen) atoms. The molecule has 3 aliphatic heterocycles. The van der Waals surface area contributed by atoms with Crippen molar-refractivity contribution in [3.05, 3.63) is 35.9 Å². The number of carbonyl (C=O) groups excluding carboxylic acids is 2. The maximum Gasteiger partial charge on any atom is 0.257 e. The SMILES string of the molecule is COc1c(Nc2ccc3c(n2)N(C2CCOCC2)[C@H](C)C(=O)N3C)cccc1C(=O)N1CCN(C)CC1. The van der Waals surface area contributed by atoms with E-state index in [0.29, 0.717) is 49.1 Å². The van der Waals surface area contributed by atoms with Crippen molar-refractivity contribution in [2.45, 2.75) is 31.8 Å². The fourth-order valence-corrected chi connectivity index (χ4v) is 5.46. The Bertz CT molecular complexity index is 1160. The number of carbonyl (C=O) groups is 2. The molecule has 1 N–H and O–H groups in total. The molecule has 2 amide bonds. The standard InChI is InChI=1S/C27H36N6O4/c1-18-26(34)31(3)22-8-9-23(29-25(22)33(18)19-10-16-37-17-11-19)28-21-7-5-6-20(24(21)36-4)27(35)32-14-12-30(2)13-15-32/h5-9,18-19H,10-17H2,1-4H3,(H,28,29)/t18-/m1/s1. The monoisotopic (exact) mass is 508 g/mol. The van der Waals surface area contributed by atoms with Crippen LogP contribution in [0.1, 0.15) is 30.1 Å². The largest absolute Gasteiger partial charge is 0.494 e. The maximum atomic E-state index is 13.3. The van der Waals surface area contributed by atoms with Crippen molar-refractivity contribution in [2.24, 2.45) is 0 Å². The molecule has 2 saturated heterocycles. The second-order valence-electron chi connectivity index (χ2n) is 9.97. The quantitative estimate of drug-likeness (QED) is 0.659. The molecular weight excluding hydrogens is 472 g/mol. The number of ether oxygens (including phenoxy) is 2. The van der Waals surface area contributed by atoms with Crippen LogP contribution in [0.15, 0.2) is 30.3 Å². The van der Waals surface area contributed by atoms with E-state index in [9.17, 15) is 9.59 Å². The van der Waals surface area contributed by atoms with E-state index >= 15 is 0 Å². The van der Waals surface area contributed by atoms with Crippen molar-refractivity contribution in [1.82, 2.24) is 14.8 Å². The summed E-state index contributed by atoms with van der Waals surface area (Å²) in [5.41, 5.74) is 1.98. The van der Waals surface area contributed by atoms with E-state index in [0.717, 1.165) is 37.4 Å². The number of aromatic nitrogens is 1. The topological polar surface area (TPSA) is 90.5 Å². The van der Waals surface area contributed by atoms with Crippen LogP contribution in [-0.4, -0.2) is 99.3 Å². The second kappa shape index (κ2) is 10.5. The molecule has 2 fully saturated rings. The zero-order chi connectivity index (χ0) is 26.1. The lowest BCUT2D eigenvalue weighted by atomic mass is 10.0. The first-order chi connectivity index (χ1) is 17.9. The number of nitrogens with one attached hydrogen (secondary N) is 1. The molecule has 5 rings (SSSR count). The number of hydrogen-bond acceptors (Lipinski definition) is 8. The predicted molar refractivity (Wildman–Crippen MR) is 143 cm³/mol. The Kier molecular flexibility index (Phi) is 7.21. The molecule has 0 spiro atoms. The molecule has 198 valence electrons. The van der Waals surface area contributed by atoms with Gasteiger partial charge in [-0.15, -0.1) is 0 Å². The average molecular weight is 509 g/mol. The lowest BCUT2D eigenvalue weighted by Gasteiger charge is -2.44. The molecule has 4 heterocycles. The Hall–Kier alpha value is -3.37. The van der Waals surface area contributed by atoms with Gasteiger partial charge in [0.1, 0.15) is 11.9 Å². The van der Waals surface area contributed by atoms with Crippen molar-refractivity contribution < 1.29 is 19.1 Å². The van der Waals surface area contributed by atoms with Gasteiger partial charge in [-0.1, -0.05) is 6.07 Å². The number of rotatable bonds is 5. The molecule has 1 atom stereocenters. The van der Waals surface area contributed by atoms with E-state index in [1.54, 1.807) is 25.1 Å². The van der Waals surface area contributed by atoms with Gasteiger partial charge in [-0.3, -0.25) is 9.59 Å². The number of amides is 2. The summed E-state index contributed by atoms with van der Waals surface area (Å²) in [6, 6.07) is 9.19. The van der Waals surface area contributed by atoms with E-state index in [4.69, 9.17) is 14.5 Å². The first-order valence-electron chi connectivity index (χ1n) is 13.0. The van der Waals surface area contributed by atoms with Crippen molar-refractivity contribution in [3.8, 4) is 5.75 Å². The Morgan fingerprint density at radius 1 is 1.08 bits per heavy atom. The molecule has 2 aromatic rings. The average Bonchev–Trinajstić information content (AvgIpc) is 2.92. The number of para-hydroxylation sites is 1. The smallest absolute Gasteiger partial charge is 0.257 e. The molecule has 0 bridgehead atoms. The number of methoxy groups -OCH3 is 1. The van der Waals surface area contributed by atoms with Gasteiger partial charge in [0.05, 0.1) is 24.0 Å². The van der Waals surface area contributed by atoms with Crippen LogP contribution in [0.2, 0.25) is 0 Å². The second-order valence-corrected chi connectivity index (χ2v) is 9.97. The lowest BCUT2D eigenvalue weighted by molar-refractivity contribution is -0.119. The van der Waals surface area contributed by atoms with E-state index < -0.39 is 0 Å². The molecular formula is C27H36N6O4. The summed E-state index contributed by atoms with van der Waals surface area (Å²) in [6.07, 6.45) is 1.70. The van der Waals surface area contributed by atoms with Gasteiger partial charge in [-0.25, -0.2) is 4.98 Å². The van der Waals surface area contributed by atoms with Gasteiger partial charge in [-0.05, 0) is 51.1 Å². The van der Waals surface area contributed by atoms with Gasteiger partial charge in [0.15, 0.2) is 11.6 Å². The number of fused-ring (bicyclic) bond motifs is 1. The fourth-order valence-electron chi connectivity index (χ4n) is 5.46. The zero-order valence-electron chi connectivity index (χ0n) is 22.1. The third-order valence-electron chi connectivity index (χ3n) is 7.65. The van der Waals surface area contributed by atoms with Crippen LogP contribution in [0.5, 0.6) is 5.75 Å². The van der Waals surface area contributed by atoms with Crippen LogP contribution >= 0.6 is 0 Å². The Balaban J connectivity index is 1.45. The molecule has 0 unspecified atom stereocenters. The van der Waals surface area contributed by atoms with Crippen LogP contribution in [-0.2, 0) is 9.53 Å². The molecule has 10 nitrogen and oxygen atoms in total. The van der Waals surface area contributed by atoms with Gasteiger partial charge in [0.25, 0.3) is 5.91 Å². The summed E-state index contributed by atoms with van der Waals surface area (Å²) in [4.78, 5) is 39.2. The predicted octanol–water partition coefficient (Wildman–Crippen LogP) is 2.57. The van der Waals surface area contributed by atoms with E-state index in [1.807, 2.05) is 36.1 Å². The highest BCUT2D eigenvalue weighted by molar-refractivity contribution is 6.04. The molecule has 0 radical (unpaired) electrons. The number of anilines is 4. The summed E-state index contributed by atoms with van der Waals surface area (Å²) < 4.78 is 11.3. The van der Waals surface area contributed by atoms with Crippen LogP contribution in [0, 0.1) is 0 Å². The normalized spacial score (nSPS) is 21.1. The van der Waals surface area contributed by atoms with Crippen molar-refractivity contribution in [2.75, 3.05) is 75.7 Å². The van der Waals surface area contributed by atoms with Gasteiger partial charge < -0.3 is 34.4 Å². The van der Waals surface area contributed by atoms with Crippen LogP contribution < -0.4 is 19.9 Å². The Morgan fingerprint density at radius 3 is 2.51 bits per heavy atom. The minimum Gasteiger partial charge on any atom is -0.494 e. The van der Waals surface area contributed by atoms with Crippen LogP contribution in [0.3, 0.4) is 0 Å². The first kappa shape index (κ1) is 25.3. The highest BCUT2D eigenvalue weighted by Crippen LogP contribution is 2.39. The fraction of sp³-hybridized carbons (Fsp3) is 0.519. The zero-order valence-corrected chi connectivity index (χ0v) is 22.1. The number of benzene rings is 1. The number of pyridine rings is 1. The minimum atomic E-state index is -0.317. The van der Waals surface area contributed by atoms with Crippen molar-refractivity contribution in [3.63, 3.8) is 0 Å². The minimum absolute atomic E-state index is 0.0355. The van der Waals surface area contributed by atoms with Gasteiger partial charge in [0, 0.05) is 52.5 Å². The Morgan fingerprint density at radius 2 is 1.81 bits per heavy atom. The summed E-state index contributed by atoms with van der Waals surface area (Å²) in [6.45, 7) is 6.38.